The molecule has 1 amide bonds. The van der Waals surface area contributed by atoms with Crippen molar-refractivity contribution in [2.45, 2.75) is 18.2 Å². The van der Waals surface area contributed by atoms with Gasteiger partial charge in [0.1, 0.15) is 0 Å². The minimum Gasteiger partial charge on any atom is -0.326 e. The zero-order chi connectivity index (χ0) is 26.6. The van der Waals surface area contributed by atoms with E-state index in [0.29, 0.717) is 43.5 Å². The number of halogens is 2. The molecule has 0 fully saturated rings. The third-order valence-electron chi connectivity index (χ3n) is 5.78. The zero-order valence-electron chi connectivity index (χ0n) is 19.9. The number of hydrogen-bond acceptors (Lipinski definition) is 4. The Kier molecular flexibility index (Phi) is 8.13. The van der Waals surface area contributed by atoms with Crippen molar-refractivity contribution in [1.29, 1.82) is 0 Å². The van der Waals surface area contributed by atoms with Gasteiger partial charge in [-0.2, -0.15) is 0 Å². The van der Waals surface area contributed by atoms with E-state index >= 15 is 0 Å². The van der Waals surface area contributed by atoms with Gasteiger partial charge in [0, 0.05) is 32.4 Å². The molecular weight excluding hydrogens is 529 g/mol. The van der Waals surface area contributed by atoms with Crippen molar-refractivity contribution in [1.82, 2.24) is 0 Å². The van der Waals surface area contributed by atoms with Crippen molar-refractivity contribution in [3.05, 3.63) is 118 Å². The molecule has 0 aliphatic rings. The summed E-state index contributed by atoms with van der Waals surface area (Å²) in [7, 11) is -3.32. The average Bonchev–Trinajstić information content (AvgIpc) is 2.88. The van der Waals surface area contributed by atoms with E-state index in [4.69, 9.17) is 23.2 Å². The van der Waals surface area contributed by atoms with Gasteiger partial charge < -0.3 is 5.32 Å². The fourth-order valence-corrected chi connectivity index (χ4v) is 5.24. The van der Waals surface area contributed by atoms with E-state index in [9.17, 15) is 18.0 Å². The highest BCUT2D eigenvalue weighted by Gasteiger charge is 2.16. The van der Waals surface area contributed by atoms with Gasteiger partial charge in [-0.25, -0.2) is 8.42 Å². The monoisotopic (exact) mass is 551 g/mol. The minimum absolute atomic E-state index is 0.00481. The first-order chi connectivity index (χ1) is 17.7. The Bertz CT molecular complexity index is 1570. The fourth-order valence-electron chi connectivity index (χ4n) is 3.84. The number of sulfone groups is 1. The SMILES string of the molecule is CCS(=O)(=O)c1ccc(CC(=O)Nc2cc(C(=O)c3ccccc3)cc(-c3ccc(Cl)cc3Cl)c2)cc1. The van der Waals surface area contributed by atoms with Crippen molar-refractivity contribution >= 4 is 50.4 Å². The molecule has 0 aromatic heterocycles. The number of rotatable bonds is 8. The molecule has 0 unspecified atom stereocenters. The van der Waals surface area contributed by atoms with Crippen LogP contribution in [0.1, 0.15) is 28.4 Å². The summed E-state index contributed by atoms with van der Waals surface area (Å²) >= 11 is 12.5. The summed E-state index contributed by atoms with van der Waals surface area (Å²) in [6, 6.07) is 25.3. The van der Waals surface area contributed by atoms with Crippen molar-refractivity contribution in [2.75, 3.05) is 11.1 Å². The molecular formula is C29H23Cl2NO4S. The number of nitrogens with one attached hydrogen (secondary N) is 1. The maximum Gasteiger partial charge on any atom is 0.228 e. The highest BCUT2D eigenvalue weighted by Crippen LogP contribution is 2.33. The van der Waals surface area contributed by atoms with Crippen LogP contribution in [-0.2, 0) is 21.1 Å². The predicted octanol–water partition coefficient (Wildman–Crippen LogP) is 6.87. The maximum absolute atomic E-state index is 13.2. The lowest BCUT2D eigenvalue weighted by atomic mass is 9.97. The number of ketones is 1. The van der Waals surface area contributed by atoms with Crippen molar-refractivity contribution in [3.63, 3.8) is 0 Å². The van der Waals surface area contributed by atoms with E-state index in [1.807, 2.05) is 6.07 Å². The third kappa shape index (κ3) is 6.46. The Morgan fingerprint density at radius 3 is 2.16 bits per heavy atom. The zero-order valence-corrected chi connectivity index (χ0v) is 22.2. The highest BCUT2D eigenvalue weighted by atomic mass is 35.5. The first-order valence-electron chi connectivity index (χ1n) is 11.5. The summed E-state index contributed by atoms with van der Waals surface area (Å²) in [6.07, 6.45) is 0.0281. The molecule has 0 aliphatic heterocycles. The van der Waals surface area contributed by atoms with Crippen LogP contribution in [0.4, 0.5) is 5.69 Å². The van der Waals surface area contributed by atoms with E-state index in [1.54, 1.807) is 79.7 Å². The Morgan fingerprint density at radius 1 is 0.811 bits per heavy atom. The van der Waals surface area contributed by atoms with Crippen LogP contribution >= 0.6 is 23.2 Å². The number of anilines is 1. The van der Waals surface area contributed by atoms with Crippen molar-refractivity contribution in [3.8, 4) is 11.1 Å². The second-order valence-electron chi connectivity index (χ2n) is 8.39. The van der Waals surface area contributed by atoms with Gasteiger partial charge in [0.15, 0.2) is 15.6 Å². The number of amides is 1. The van der Waals surface area contributed by atoms with Crippen molar-refractivity contribution < 1.29 is 18.0 Å². The smallest absolute Gasteiger partial charge is 0.228 e. The van der Waals surface area contributed by atoms with E-state index in [0.717, 1.165) is 0 Å². The predicted molar refractivity (Wildman–Crippen MR) is 148 cm³/mol. The molecule has 4 aromatic carbocycles. The van der Waals surface area contributed by atoms with Gasteiger partial charge >= 0.3 is 0 Å². The normalized spacial score (nSPS) is 11.2. The molecule has 0 spiro atoms. The van der Waals surface area contributed by atoms with Crippen molar-refractivity contribution in [2.24, 2.45) is 0 Å². The van der Waals surface area contributed by atoms with E-state index in [2.05, 4.69) is 5.32 Å². The second kappa shape index (κ2) is 11.3. The van der Waals surface area contributed by atoms with Gasteiger partial charge in [0.2, 0.25) is 5.91 Å². The van der Waals surface area contributed by atoms with Crippen LogP contribution in [0.3, 0.4) is 0 Å². The number of benzene rings is 4. The van der Waals surface area contributed by atoms with Gasteiger partial charge in [-0.3, -0.25) is 9.59 Å². The lowest BCUT2D eigenvalue weighted by Crippen LogP contribution is -2.15. The standard InChI is InChI=1S/C29H23Cl2NO4S/c1-2-37(35,36)25-11-8-19(9-12-25)14-28(33)32-24-16-21(26-13-10-23(30)18-27(26)31)15-22(17-24)29(34)20-6-4-3-5-7-20/h3-13,15-18H,2,14H2,1H3,(H,32,33). The molecule has 0 heterocycles. The number of carbonyl (C=O) groups excluding carboxylic acids is 2. The van der Waals surface area contributed by atoms with Crippen LogP contribution in [0.25, 0.3) is 11.1 Å². The Hall–Kier alpha value is -3.45. The minimum atomic E-state index is -3.32. The molecule has 188 valence electrons. The van der Waals surface area contributed by atoms with Crippen LogP contribution in [0.2, 0.25) is 10.0 Å². The largest absolute Gasteiger partial charge is 0.326 e. The molecule has 0 bridgehead atoms. The number of carbonyl (C=O) groups is 2. The fraction of sp³-hybridized carbons (Fsp3) is 0.103. The summed E-state index contributed by atoms with van der Waals surface area (Å²) in [5.41, 5.74) is 3.30. The molecule has 37 heavy (non-hydrogen) atoms. The molecule has 8 heteroatoms. The molecule has 0 saturated carbocycles. The van der Waals surface area contributed by atoms with Gasteiger partial charge in [-0.1, -0.05) is 78.7 Å². The van der Waals surface area contributed by atoms with Crippen LogP contribution in [0, 0.1) is 0 Å². The summed E-state index contributed by atoms with van der Waals surface area (Å²) in [6.45, 7) is 1.58. The third-order valence-corrected chi connectivity index (χ3v) is 8.08. The Labute approximate surface area is 226 Å². The lowest BCUT2D eigenvalue weighted by Gasteiger charge is -2.13. The first kappa shape index (κ1) is 26.6. The molecule has 4 aromatic rings. The van der Waals surface area contributed by atoms with Crippen LogP contribution in [0.5, 0.6) is 0 Å². The van der Waals surface area contributed by atoms with E-state index in [1.165, 1.54) is 12.1 Å². The van der Waals surface area contributed by atoms with Crippen LogP contribution in [-0.4, -0.2) is 25.9 Å². The summed E-state index contributed by atoms with van der Waals surface area (Å²) < 4.78 is 24.1. The van der Waals surface area contributed by atoms with Gasteiger partial charge in [0.25, 0.3) is 0 Å². The van der Waals surface area contributed by atoms with Crippen LogP contribution < -0.4 is 5.32 Å². The summed E-state index contributed by atoms with van der Waals surface area (Å²) in [5.74, 6) is -0.510. The lowest BCUT2D eigenvalue weighted by molar-refractivity contribution is -0.115. The van der Waals surface area contributed by atoms with Gasteiger partial charge in [-0.15, -0.1) is 0 Å². The first-order valence-corrected chi connectivity index (χ1v) is 13.9. The molecule has 1 N–H and O–H groups in total. The van der Waals surface area contributed by atoms with E-state index < -0.39 is 9.84 Å². The highest BCUT2D eigenvalue weighted by molar-refractivity contribution is 7.91. The topological polar surface area (TPSA) is 80.3 Å². The molecule has 0 radical (unpaired) electrons. The molecule has 0 aliphatic carbocycles. The van der Waals surface area contributed by atoms with Gasteiger partial charge in [-0.05, 0) is 53.6 Å². The Morgan fingerprint density at radius 2 is 1.51 bits per heavy atom. The van der Waals surface area contributed by atoms with E-state index in [-0.39, 0.29) is 28.8 Å². The second-order valence-corrected chi connectivity index (χ2v) is 11.5. The summed E-state index contributed by atoms with van der Waals surface area (Å²) in [4.78, 5) is 26.3. The quantitative estimate of drug-likeness (QED) is 0.242. The molecule has 4 rings (SSSR count). The molecule has 5 nitrogen and oxygen atoms in total. The molecule has 0 saturated heterocycles. The Balaban J connectivity index is 1.64. The number of hydrogen-bond donors (Lipinski definition) is 1. The van der Waals surface area contributed by atoms with Gasteiger partial charge in [0.05, 0.1) is 17.1 Å². The average molecular weight is 552 g/mol. The molecule has 0 atom stereocenters. The van der Waals surface area contributed by atoms with Crippen LogP contribution in [0.15, 0.2) is 95.9 Å². The summed E-state index contributed by atoms with van der Waals surface area (Å²) in [5, 5.41) is 3.75. The maximum atomic E-state index is 13.2.